The van der Waals surface area contributed by atoms with Crippen molar-refractivity contribution in [3.05, 3.63) is 99.3 Å². The highest BCUT2D eigenvalue weighted by Gasteiger charge is 2.13. The summed E-state index contributed by atoms with van der Waals surface area (Å²) in [5, 5.41) is 6.24. The van der Waals surface area contributed by atoms with Crippen molar-refractivity contribution in [1.82, 2.24) is 10.3 Å². The maximum absolute atomic E-state index is 13.7. The molecule has 0 atom stereocenters. The molecule has 1 aromatic heterocycles. The molecule has 0 aliphatic rings. The third kappa shape index (κ3) is 4.51. The van der Waals surface area contributed by atoms with Gasteiger partial charge < -0.3 is 5.32 Å². The van der Waals surface area contributed by atoms with E-state index in [1.165, 1.54) is 22.4 Å². The van der Waals surface area contributed by atoms with Gasteiger partial charge in [0.05, 0.1) is 17.1 Å². The van der Waals surface area contributed by atoms with Crippen LogP contribution in [0.4, 0.5) is 4.39 Å². The fourth-order valence-corrected chi connectivity index (χ4v) is 4.47. The lowest BCUT2D eigenvalue weighted by Gasteiger charge is -2.05. The number of rotatable bonds is 6. The summed E-state index contributed by atoms with van der Waals surface area (Å²) in [5.74, 6) is -0.434. The minimum absolute atomic E-state index is 0.128. The zero-order valence-corrected chi connectivity index (χ0v) is 16.9. The number of thiazole rings is 1. The molecule has 0 saturated heterocycles. The average Bonchev–Trinajstić information content (AvgIpc) is 3.06. The smallest absolute Gasteiger partial charge is 0.225 e. The summed E-state index contributed by atoms with van der Waals surface area (Å²) in [7, 11) is 0. The summed E-state index contributed by atoms with van der Waals surface area (Å²) in [4.78, 5) is 18.0. The van der Waals surface area contributed by atoms with Crippen LogP contribution in [0.1, 0.15) is 26.7 Å². The standard InChI is InChI=1S/C24H21FN2OS/c1-16-22(14-23(28)26-15-19-8-3-5-12-21(19)25)29-24(27-16)13-18-10-6-9-17-7-2-4-11-20(17)18/h2-12H,13-15H2,1H3,(H,26,28). The molecule has 29 heavy (non-hydrogen) atoms. The number of nitrogens with zero attached hydrogens (tertiary/aromatic N) is 1. The minimum atomic E-state index is -0.306. The Balaban J connectivity index is 1.44. The van der Waals surface area contributed by atoms with E-state index in [-0.39, 0.29) is 24.7 Å². The average molecular weight is 405 g/mol. The Morgan fingerprint density at radius 2 is 1.72 bits per heavy atom. The summed E-state index contributed by atoms with van der Waals surface area (Å²) in [5.41, 5.74) is 2.59. The molecule has 0 aliphatic carbocycles. The molecule has 3 aromatic carbocycles. The molecule has 3 nitrogen and oxygen atoms in total. The number of aromatic nitrogens is 1. The van der Waals surface area contributed by atoms with E-state index < -0.39 is 0 Å². The third-order valence-electron chi connectivity index (χ3n) is 4.91. The minimum Gasteiger partial charge on any atom is -0.352 e. The van der Waals surface area contributed by atoms with Gasteiger partial charge >= 0.3 is 0 Å². The van der Waals surface area contributed by atoms with Crippen molar-refractivity contribution in [3.8, 4) is 0 Å². The van der Waals surface area contributed by atoms with E-state index >= 15 is 0 Å². The number of amides is 1. The van der Waals surface area contributed by atoms with E-state index in [0.29, 0.717) is 5.56 Å². The summed E-state index contributed by atoms with van der Waals surface area (Å²) in [6, 6.07) is 21.1. The first-order valence-corrected chi connectivity index (χ1v) is 10.3. The number of carbonyl (C=O) groups excluding carboxylic acids is 1. The van der Waals surface area contributed by atoms with Crippen molar-refractivity contribution >= 4 is 28.0 Å². The van der Waals surface area contributed by atoms with Crippen LogP contribution in [0, 0.1) is 12.7 Å². The van der Waals surface area contributed by atoms with Crippen LogP contribution in [0.2, 0.25) is 0 Å². The van der Waals surface area contributed by atoms with Crippen molar-refractivity contribution in [2.24, 2.45) is 0 Å². The van der Waals surface area contributed by atoms with Crippen LogP contribution in [0.3, 0.4) is 0 Å². The maximum atomic E-state index is 13.7. The molecule has 0 unspecified atom stereocenters. The molecule has 0 radical (unpaired) electrons. The number of nitrogens with one attached hydrogen (secondary N) is 1. The van der Waals surface area contributed by atoms with Gasteiger partial charge in [0.2, 0.25) is 5.91 Å². The maximum Gasteiger partial charge on any atom is 0.225 e. The third-order valence-corrected chi connectivity index (χ3v) is 6.07. The molecular weight excluding hydrogens is 383 g/mol. The zero-order valence-electron chi connectivity index (χ0n) is 16.1. The van der Waals surface area contributed by atoms with Crippen molar-refractivity contribution in [2.75, 3.05) is 0 Å². The number of halogens is 1. The number of fused-ring (bicyclic) bond motifs is 1. The molecule has 146 valence electrons. The molecule has 0 saturated carbocycles. The van der Waals surface area contributed by atoms with E-state index in [1.807, 2.05) is 19.1 Å². The second-order valence-corrected chi connectivity index (χ2v) is 8.14. The first-order valence-electron chi connectivity index (χ1n) is 9.52. The van der Waals surface area contributed by atoms with Gasteiger partial charge in [0.15, 0.2) is 0 Å². The van der Waals surface area contributed by atoms with Crippen molar-refractivity contribution < 1.29 is 9.18 Å². The van der Waals surface area contributed by atoms with Crippen molar-refractivity contribution in [3.63, 3.8) is 0 Å². The molecule has 0 aliphatic heterocycles. The number of benzene rings is 3. The van der Waals surface area contributed by atoms with E-state index in [4.69, 9.17) is 0 Å². The van der Waals surface area contributed by atoms with Gasteiger partial charge in [-0.1, -0.05) is 60.7 Å². The molecular formula is C24H21FN2OS. The first-order chi connectivity index (χ1) is 14.1. The molecule has 0 fully saturated rings. The monoisotopic (exact) mass is 404 g/mol. The largest absolute Gasteiger partial charge is 0.352 e. The molecule has 1 N–H and O–H groups in total. The molecule has 4 aromatic rings. The second kappa shape index (κ2) is 8.53. The highest BCUT2D eigenvalue weighted by Crippen LogP contribution is 2.25. The topological polar surface area (TPSA) is 42.0 Å². The Morgan fingerprint density at radius 3 is 2.59 bits per heavy atom. The summed E-state index contributed by atoms with van der Waals surface area (Å²) in [6.45, 7) is 2.12. The predicted molar refractivity (Wildman–Crippen MR) is 116 cm³/mol. The van der Waals surface area contributed by atoms with Crippen LogP contribution < -0.4 is 5.32 Å². The Hall–Kier alpha value is -3.05. The van der Waals surface area contributed by atoms with Gasteiger partial charge in [0.1, 0.15) is 5.82 Å². The van der Waals surface area contributed by atoms with Crippen LogP contribution >= 0.6 is 11.3 Å². The first kappa shape index (κ1) is 19.3. The van der Waals surface area contributed by atoms with E-state index in [1.54, 1.807) is 29.5 Å². The predicted octanol–water partition coefficient (Wildman–Crippen LogP) is 5.19. The van der Waals surface area contributed by atoms with Gasteiger partial charge in [0.25, 0.3) is 0 Å². The Labute approximate surface area is 173 Å². The fourth-order valence-electron chi connectivity index (χ4n) is 3.38. The van der Waals surface area contributed by atoms with Crippen LogP contribution in [-0.2, 0) is 24.2 Å². The van der Waals surface area contributed by atoms with Crippen LogP contribution in [0.15, 0.2) is 66.7 Å². The van der Waals surface area contributed by atoms with Gasteiger partial charge in [-0.3, -0.25) is 4.79 Å². The Morgan fingerprint density at radius 1 is 1.00 bits per heavy atom. The summed E-state index contributed by atoms with van der Waals surface area (Å²) < 4.78 is 13.7. The molecule has 0 bridgehead atoms. The summed E-state index contributed by atoms with van der Waals surface area (Å²) in [6.07, 6.45) is 0.997. The molecule has 5 heteroatoms. The number of hydrogen-bond acceptors (Lipinski definition) is 3. The quantitative estimate of drug-likeness (QED) is 0.480. The lowest BCUT2D eigenvalue weighted by Crippen LogP contribution is -2.24. The highest BCUT2D eigenvalue weighted by molar-refractivity contribution is 7.11. The SMILES string of the molecule is Cc1nc(Cc2cccc3ccccc23)sc1CC(=O)NCc1ccccc1F. The fraction of sp³-hybridized carbons (Fsp3) is 0.167. The van der Waals surface area contributed by atoms with Gasteiger partial charge in [0, 0.05) is 23.4 Å². The van der Waals surface area contributed by atoms with Crippen molar-refractivity contribution in [1.29, 1.82) is 0 Å². The second-order valence-electron chi connectivity index (χ2n) is 6.98. The van der Waals surface area contributed by atoms with Crippen molar-refractivity contribution in [2.45, 2.75) is 26.3 Å². The number of carbonyl (C=O) groups is 1. The molecule has 1 heterocycles. The van der Waals surface area contributed by atoms with Gasteiger partial charge in [-0.25, -0.2) is 9.37 Å². The molecule has 4 rings (SSSR count). The Kier molecular flexibility index (Phi) is 5.67. The lowest BCUT2D eigenvalue weighted by molar-refractivity contribution is -0.120. The van der Waals surface area contributed by atoms with Gasteiger partial charge in [-0.15, -0.1) is 11.3 Å². The number of hydrogen-bond donors (Lipinski definition) is 1. The van der Waals surface area contributed by atoms with Crippen LogP contribution in [0.25, 0.3) is 10.8 Å². The number of aryl methyl sites for hydroxylation is 1. The summed E-state index contributed by atoms with van der Waals surface area (Å²) >= 11 is 1.57. The molecule has 1 amide bonds. The lowest BCUT2D eigenvalue weighted by atomic mass is 10.0. The van der Waals surface area contributed by atoms with Gasteiger partial charge in [-0.05, 0) is 29.3 Å². The van der Waals surface area contributed by atoms with Crippen LogP contribution in [-0.4, -0.2) is 10.9 Å². The van der Waals surface area contributed by atoms with Gasteiger partial charge in [-0.2, -0.15) is 0 Å². The van der Waals surface area contributed by atoms with E-state index in [2.05, 4.69) is 40.6 Å². The molecule has 0 spiro atoms. The van der Waals surface area contributed by atoms with Crippen LogP contribution in [0.5, 0.6) is 0 Å². The van der Waals surface area contributed by atoms with E-state index in [9.17, 15) is 9.18 Å². The van der Waals surface area contributed by atoms with E-state index in [0.717, 1.165) is 22.0 Å². The zero-order chi connectivity index (χ0) is 20.2. The highest BCUT2D eigenvalue weighted by atomic mass is 32.1. The normalized spacial score (nSPS) is 11.0. The Bertz CT molecular complexity index is 1160.